The number of hydrogen-bond donors (Lipinski definition) is 0. The number of carbonyl (C=O) groups is 1. The largest absolute Gasteiger partial charge is 0.454 e. The lowest BCUT2D eigenvalue weighted by Crippen LogP contribution is -2.20. The van der Waals surface area contributed by atoms with Crippen LogP contribution >= 0.6 is 0 Å². The van der Waals surface area contributed by atoms with Crippen LogP contribution in [-0.2, 0) is 9.53 Å². The normalized spacial score (nSPS) is 12.3. The van der Waals surface area contributed by atoms with Gasteiger partial charge in [-0.25, -0.2) is 0 Å². The van der Waals surface area contributed by atoms with Crippen molar-refractivity contribution in [2.45, 2.75) is 13.1 Å². The fourth-order valence-electron chi connectivity index (χ4n) is 0.436. The van der Waals surface area contributed by atoms with E-state index in [4.69, 9.17) is 4.74 Å². The van der Waals surface area contributed by atoms with Gasteiger partial charge in [0, 0.05) is 6.61 Å². The third-order valence-corrected chi connectivity index (χ3v) is 0.967. The molecule has 12 heavy (non-hydrogen) atoms. The van der Waals surface area contributed by atoms with Crippen molar-refractivity contribution in [3.63, 3.8) is 0 Å². The first-order valence-corrected chi connectivity index (χ1v) is 3.34. The van der Waals surface area contributed by atoms with E-state index >= 15 is 0 Å². The summed E-state index contributed by atoms with van der Waals surface area (Å²) in [5.41, 5.74) is 0. The summed E-state index contributed by atoms with van der Waals surface area (Å²) in [6.07, 6.45) is -3.27. The molecule has 0 radical (unpaired) electrons. The number of allylic oxidation sites excluding steroid dienone is 1. The molecular weight excluding hydrogens is 173 g/mol. The number of rotatable bonds is 4. The fourth-order valence-corrected chi connectivity index (χ4v) is 0.436. The van der Waals surface area contributed by atoms with E-state index in [1.54, 1.807) is 6.92 Å². The van der Waals surface area contributed by atoms with Gasteiger partial charge < -0.3 is 4.74 Å². The fraction of sp³-hybridized carbons (Fsp3) is 0.571. The second-order valence-electron chi connectivity index (χ2n) is 1.92. The number of ketones is 1. The maximum atomic E-state index is 11.5. The van der Waals surface area contributed by atoms with Crippen LogP contribution in [-0.4, -0.2) is 25.2 Å². The van der Waals surface area contributed by atoms with E-state index in [1.165, 1.54) is 0 Å². The SMILES string of the molecule is CCOC/C=C/C(=O)C(F)(F)F. The van der Waals surface area contributed by atoms with Crippen LogP contribution in [0.2, 0.25) is 0 Å². The summed E-state index contributed by atoms with van der Waals surface area (Å²) in [7, 11) is 0. The van der Waals surface area contributed by atoms with Gasteiger partial charge >= 0.3 is 6.18 Å². The summed E-state index contributed by atoms with van der Waals surface area (Å²) in [6.45, 7) is 2.14. The van der Waals surface area contributed by atoms with Gasteiger partial charge in [0.2, 0.25) is 0 Å². The Labute approximate surface area is 68.0 Å². The lowest BCUT2D eigenvalue weighted by molar-refractivity contribution is -0.165. The molecule has 0 aliphatic rings. The van der Waals surface area contributed by atoms with Gasteiger partial charge in [-0.05, 0) is 13.0 Å². The second-order valence-corrected chi connectivity index (χ2v) is 1.92. The van der Waals surface area contributed by atoms with E-state index in [-0.39, 0.29) is 6.61 Å². The molecule has 70 valence electrons. The molecule has 0 saturated heterocycles. The van der Waals surface area contributed by atoms with Crippen molar-refractivity contribution in [1.29, 1.82) is 0 Å². The Morgan fingerprint density at radius 1 is 1.50 bits per heavy atom. The van der Waals surface area contributed by atoms with Crippen molar-refractivity contribution < 1.29 is 22.7 Å². The topological polar surface area (TPSA) is 26.3 Å². The molecule has 0 amide bonds. The first-order valence-electron chi connectivity index (χ1n) is 3.34. The molecule has 0 heterocycles. The van der Waals surface area contributed by atoms with Crippen LogP contribution in [0, 0.1) is 0 Å². The van der Waals surface area contributed by atoms with Gasteiger partial charge in [-0.1, -0.05) is 6.08 Å². The minimum Gasteiger partial charge on any atom is -0.378 e. The van der Waals surface area contributed by atoms with Crippen molar-refractivity contribution in [3.05, 3.63) is 12.2 Å². The van der Waals surface area contributed by atoms with Crippen molar-refractivity contribution in [3.8, 4) is 0 Å². The zero-order chi connectivity index (χ0) is 9.61. The highest BCUT2D eigenvalue weighted by Gasteiger charge is 2.35. The highest BCUT2D eigenvalue weighted by molar-refractivity contribution is 5.94. The predicted molar refractivity (Wildman–Crippen MR) is 36.7 cm³/mol. The Morgan fingerprint density at radius 2 is 2.08 bits per heavy atom. The lowest BCUT2D eigenvalue weighted by atomic mass is 10.3. The van der Waals surface area contributed by atoms with E-state index in [0.717, 1.165) is 6.08 Å². The van der Waals surface area contributed by atoms with Gasteiger partial charge in [-0.3, -0.25) is 4.79 Å². The quantitative estimate of drug-likeness (QED) is 0.488. The monoisotopic (exact) mass is 182 g/mol. The van der Waals surface area contributed by atoms with Crippen molar-refractivity contribution in [2.24, 2.45) is 0 Å². The van der Waals surface area contributed by atoms with E-state index in [0.29, 0.717) is 12.7 Å². The highest BCUT2D eigenvalue weighted by Crippen LogP contribution is 2.16. The summed E-state index contributed by atoms with van der Waals surface area (Å²) in [5.74, 6) is -1.86. The smallest absolute Gasteiger partial charge is 0.378 e. The maximum absolute atomic E-state index is 11.5. The first kappa shape index (κ1) is 11.2. The van der Waals surface area contributed by atoms with Gasteiger partial charge in [0.05, 0.1) is 6.61 Å². The molecule has 0 saturated carbocycles. The highest BCUT2D eigenvalue weighted by atomic mass is 19.4. The molecule has 0 spiro atoms. The number of halogens is 3. The molecule has 0 unspecified atom stereocenters. The molecule has 0 rings (SSSR count). The van der Waals surface area contributed by atoms with Crippen LogP contribution < -0.4 is 0 Å². The van der Waals surface area contributed by atoms with Gasteiger partial charge in [0.1, 0.15) is 0 Å². The van der Waals surface area contributed by atoms with Crippen LogP contribution in [0.25, 0.3) is 0 Å². The van der Waals surface area contributed by atoms with E-state index < -0.39 is 12.0 Å². The average molecular weight is 182 g/mol. The zero-order valence-corrected chi connectivity index (χ0v) is 6.52. The van der Waals surface area contributed by atoms with Crippen molar-refractivity contribution >= 4 is 5.78 Å². The van der Waals surface area contributed by atoms with E-state index in [9.17, 15) is 18.0 Å². The molecular formula is C7H9F3O2. The van der Waals surface area contributed by atoms with Crippen LogP contribution in [0.3, 0.4) is 0 Å². The van der Waals surface area contributed by atoms with Gasteiger partial charge in [-0.2, -0.15) is 13.2 Å². The Kier molecular flexibility index (Phi) is 4.58. The van der Waals surface area contributed by atoms with Gasteiger partial charge in [0.15, 0.2) is 0 Å². The molecule has 2 nitrogen and oxygen atoms in total. The minimum atomic E-state index is -4.78. The van der Waals surface area contributed by atoms with Crippen LogP contribution in [0.4, 0.5) is 13.2 Å². The Morgan fingerprint density at radius 3 is 2.50 bits per heavy atom. The Balaban J connectivity index is 3.77. The minimum absolute atomic E-state index is 0.0261. The average Bonchev–Trinajstić information content (AvgIpc) is 1.96. The third-order valence-electron chi connectivity index (χ3n) is 0.967. The Bertz CT molecular complexity index is 172. The molecule has 0 fully saturated rings. The van der Waals surface area contributed by atoms with E-state index in [1.807, 2.05) is 0 Å². The molecule has 0 aromatic heterocycles. The van der Waals surface area contributed by atoms with Crippen LogP contribution in [0.1, 0.15) is 6.92 Å². The van der Waals surface area contributed by atoms with Crippen molar-refractivity contribution in [2.75, 3.05) is 13.2 Å². The number of carbonyl (C=O) groups excluding carboxylic acids is 1. The second kappa shape index (κ2) is 4.92. The maximum Gasteiger partial charge on any atom is 0.454 e. The molecule has 0 aromatic rings. The molecule has 0 bridgehead atoms. The van der Waals surface area contributed by atoms with Gasteiger partial charge in [-0.15, -0.1) is 0 Å². The summed E-state index contributed by atoms with van der Waals surface area (Å²) in [6, 6.07) is 0. The number of alkyl halides is 3. The molecule has 0 aliphatic heterocycles. The zero-order valence-electron chi connectivity index (χ0n) is 6.52. The summed E-state index contributed by atoms with van der Waals surface area (Å²) in [5, 5.41) is 0. The van der Waals surface area contributed by atoms with Crippen molar-refractivity contribution in [1.82, 2.24) is 0 Å². The first-order chi connectivity index (χ1) is 5.48. The molecule has 0 atom stereocenters. The van der Waals surface area contributed by atoms with Crippen LogP contribution in [0.15, 0.2) is 12.2 Å². The predicted octanol–water partition coefficient (Wildman–Crippen LogP) is 1.71. The molecule has 0 aliphatic carbocycles. The Hall–Kier alpha value is -0.840. The van der Waals surface area contributed by atoms with E-state index in [2.05, 4.69) is 0 Å². The third kappa shape index (κ3) is 4.90. The lowest BCUT2D eigenvalue weighted by Gasteiger charge is -1.99. The number of hydrogen-bond acceptors (Lipinski definition) is 2. The van der Waals surface area contributed by atoms with Crippen LogP contribution in [0.5, 0.6) is 0 Å². The summed E-state index contributed by atoms with van der Waals surface area (Å²) < 4.78 is 39.2. The number of ether oxygens (including phenoxy) is 1. The molecule has 5 heteroatoms. The standard InChI is InChI=1S/C7H9F3O2/c1-2-12-5-3-4-6(11)7(8,9)10/h3-4H,2,5H2,1H3/b4-3+. The summed E-state index contributed by atoms with van der Waals surface area (Å²) >= 11 is 0. The molecule has 0 N–H and O–H groups in total. The summed E-state index contributed by atoms with van der Waals surface area (Å²) in [4.78, 5) is 10.2. The molecule has 0 aromatic carbocycles. The van der Waals surface area contributed by atoms with Gasteiger partial charge in [0.25, 0.3) is 5.78 Å².